The van der Waals surface area contributed by atoms with E-state index in [0.717, 1.165) is 12.1 Å². The molecule has 0 heterocycles. The second-order valence-corrected chi connectivity index (χ2v) is 5.50. The first-order valence-electron chi connectivity index (χ1n) is 7.28. The molecule has 0 aliphatic carbocycles. The summed E-state index contributed by atoms with van der Waals surface area (Å²) >= 11 is 5.61. The number of nitrogens with one attached hydrogen (secondary N) is 1. The van der Waals surface area contributed by atoms with Crippen LogP contribution in [0.25, 0.3) is 0 Å². The number of aliphatic hydroxyl groups excluding tert-OH is 1. The van der Waals surface area contributed by atoms with E-state index in [1.165, 1.54) is 17.7 Å². The molecule has 1 atom stereocenters. The minimum absolute atomic E-state index is 0. The molecule has 2 aromatic rings. The van der Waals surface area contributed by atoms with Gasteiger partial charge >= 0.3 is 0 Å². The van der Waals surface area contributed by atoms with Gasteiger partial charge in [0.1, 0.15) is 5.82 Å². The Kier molecular flexibility index (Phi) is 8.44. The Balaban J connectivity index is 0.00000288. The molecule has 24 heavy (non-hydrogen) atoms. The number of rotatable bonds is 5. The summed E-state index contributed by atoms with van der Waals surface area (Å²) in [5.41, 5.74) is 8.22. The van der Waals surface area contributed by atoms with Crippen molar-refractivity contribution in [1.82, 2.24) is 0 Å². The summed E-state index contributed by atoms with van der Waals surface area (Å²) in [6, 6.07) is 12.0. The number of nitrogens with zero attached hydrogens (tertiary/aromatic N) is 1. The van der Waals surface area contributed by atoms with E-state index in [0.29, 0.717) is 5.56 Å². The topological polar surface area (TPSA) is 70.6 Å². The third kappa shape index (κ3) is 5.92. The van der Waals surface area contributed by atoms with E-state index in [2.05, 4.69) is 17.2 Å². The van der Waals surface area contributed by atoms with E-state index < -0.39 is 11.9 Å². The normalized spacial score (nSPS) is 12.4. The summed E-state index contributed by atoms with van der Waals surface area (Å²) in [4.78, 5) is 4.08. The molecule has 0 saturated carbocycles. The maximum atomic E-state index is 13.4. The van der Waals surface area contributed by atoms with Crippen LogP contribution in [0.4, 0.5) is 10.1 Å². The predicted molar refractivity (Wildman–Crippen MR) is 108 cm³/mol. The molecule has 2 aromatic carbocycles. The minimum Gasteiger partial charge on any atom is -0.386 e. The van der Waals surface area contributed by atoms with Crippen LogP contribution in [0.3, 0.4) is 0 Å². The zero-order valence-electron chi connectivity index (χ0n) is 13.2. The molecule has 0 saturated heterocycles. The van der Waals surface area contributed by atoms with Crippen molar-refractivity contribution >= 4 is 47.2 Å². The summed E-state index contributed by atoms with van der Waals surface area (Å²) in [5.74, 6) is -0.388. The molecule has 0 amide bonds. The van der Waals surface area contributed by atoms with Gasteiger partial charge in [0.15, 0.2) is 5.96 Å². The van der Waals surface area contributed by atoms with Gasteiger partial charge in [0, 0.05) is 5.69 Å². The Morgan fingerprint density at radius 1 is 1.33 bits per heavy atom. The number of nitrogens with two attached hydrogens (primary N) is 1. The van der Waals surface area contributed by atoms with Gasteiger partial charge in [-0.05, 0) is 41.8 Å². The Hall–Kier alpha value is -1.38. The van der Waals surface area contributed by atoms with E-state index in [-0.39, 0.29) is 41.5 Å². The number of hydrogen-bond donors (Lipinski definition) is 3. The lowest BCUT2D eigenvalue weighted by Crippen LogP contribution is -2.23. The van der Waals surface area contributed by atoms with Gasteiger partial charge in [-0.2, -0.15) is 0 Å². The van der Waals surface area contributed by atoms with Gasteiger partial charge in [-0.15, -0.1) is 24.0 Å². The Bertz CT molecular complexity index is 712. The monoisotopic (exact) mass is 463 g/mol. The van der Waals surface area contributed by atoms with Gasteiger partial charge in [0.2, 0.25) is 0 Å². The molecule has 0 aromatic heterocycles. The average Bonchev–Trinajstić information content (AvgIpc) is 2.55. The highest BCUT2D eigenvalue weighted by molar-refractivity contribution is 14.0. The van der Waals surface area contributed by atoms with E-state index in [1.807, 2.05) is 24.3 Å². The number of benzene rings is 2. The maximum Gasteiger partial charge on any atom is 0.193 e. The van der Waals surface area contributed by atoms with Crippen LogP contribution in [0.15, 0.2) is 47.5 Å². The fourth-order valence-electron chi connectivity index (χ4n) is 2.07. The van der Waals surface area contributed by atoms with Crippen LogP contribution < -0.4 is 11.1 Å². The van der Waals surface area contributed by atoms with Crippen LogP contribution >= 0.6 is 35.6 Å². The summed E-state index contributed by atoms with van der Waals surface area (Å²) in [6.45, 7) is 2.09. The van der Waals surface area contributed by atoms with Crippen molar-refractivity contribution in [3.63, 3.8) is 0 Å². The lowest BCUT2D eigenvalue weighted by molar-refractivity contribution is 0.187. The summed E-state index contributed by atoms with van der Waals surface area (Å²) < 4.78 is 13.4. The molecule has 1 unspecified atom stereocenters. The Morgan fingerprint density at radius 2 is 2.08 bits per heavy atom. The van der Waals surface area contributed by atoms with Gasteiger partial charge in [-0.3, -0.25) is 4.99 Å². The van der Waals surface area contributed by atoms with E-state index >= 15 is 0 Å². The SMILES string of the molecule is CCc1cccc(NC(N)=NCC(O)c2ccc(Cl)c(F)c2)c1.I. The Labute approximate surface area is 163 Å². The van der Waals surface area contributed by atoms with Gasteiger partial charge < -0.3 is 16.2 Å². The number of halogens is 3. The van der Waals surface area contributed by atoms with E-state index in [9.17, 15) is 9.50 Å². The van der Waals surface area contributed by atoms with Crippen molar-refractivity contribution in [1.29, 1.82) is 0 Å². The summed E-state index contributed by atoms with van der Waals surface area (Å²) in [6.07, 6.45) is -0.0305. The van der Waals surface area contributed by atoms with Crippen LogP contribution in [0.5, 0.6) is 0 Å². The minimum atomic E-state index is -0.955. The fraction of sp³-hybridized carbons (Fsp3) is 0.235. The average molecular weight is 464 g/mol. The summed E-state index contributed by atoms with van der Waals surface area (Å²) in [5, 5.41) is 13.0. The zero-order valence-corrected chi connectivity index (χ0v) is 16.3. The van der Waals surface area contributed by atoms with Crippen LogP contribution in [0.2, 0.25) is 5.02 Å². The largest absolute Gasteiger partial charge is 0.386 e. The van der Waals surface area contributed by atoms with Crippen molar-refractivity contribution in [2.75, 3.05) is 11.9 Å². The van der Waals surface area contributed by atoms with Crippen LogP contribution in [-0.2, 0) is 6.42 Å². The molecular weight excluding hydrogens is 444 g/mol. The first-order valence-corrected chi connectivity index (χ1v) is 7.66. The molecule has 0 spiro atoms. The molecule has 0 bridgehead atoms. The number of aliphatic hydroxyl groups is 1. The van der Waals surface area contributed by atoms with Crippen LogP contribution in [-0.4, -0.2) is 17.6 Å². The van der Waals surface area contributed by atoms with Crippen LogP contribution in [0.1, 0.15) is 24.2 Å². The van der Waals surface area contributed by atoms with Gasteiger partial charge in [0.05, 0.1) is 17.7 Å². The molecule has 4 nitrogen and oxygen atoms in total. The first kappa shape index (κ1) is 20.7. The molecule has 0 fully saturated rings. The zero-order chi connectivity index (χ0) is 16.8. The van der Waals surface area contributed by atoms with Crippen LogP contribution in [0, 0.1) is 5.82 Å². The molecule has 0 aliphatic heterocycles. The second kappa shape index (κ2) is 9.80. The lowest BCUT2D eigenvalue weighted by atomic mass is 10.1. The molecular formula is C17H20ClFIN3O. The number of hydrogen-bond acceptors (Lipinski definition) is 2. The number of guanidine groups is 1. The molecule has 2 rings (SSSR count). The molecule has 4 N–H and O–H groups in total. The quantitative estimate of drug-likeness (QED) is 0.355. The predicted octanol–water partition coefficient (Wildman–Crippen LogP) is 4.12. The van der Waals surface area contributed by atoms with Crippen molar-refractivity contribution in [2.24, 2.45) is 10.7 Å². The van der Waals surface area contributed by atoms with E-state index in [4.69, 9.17) is 17.3 Å². The first-order chi connectivity index (χ1) is 11.0. The second-order valence-electron chi connectivity index (χ2n) is 5.09. The lowest BCUT2D eigenvalue weighted by Gasteiger charge is -2.11. The molecule has 0 radical (unpaired) electrons. The van der Waals surface area contributed by atoms with E-state index in [1.54, 1.807) is 6.07 Å². The fourth-order valence-corrected chi connectivity index (χ4v) is 2.18. The molecule has 130 valence electrons. The number of aryl methyl sites for hydroxylation is 1. The highest BCUT2D eigenvalue weighted by Gasteiger charge is 2.10. The third-order valence-corrected chi connectivity index (χ3v) is 3.68. The van der Waals surface area contributed by atoms with Crippen molar-refractivity contribution in [2.45, 2.75) is 19.4 Å². The Morgan fingerprint density at radius 3 is 2.75 bits per heavy atom. The van der Waals surface area contributed by atoms with Crippen molar-refractivity contribution in [3.8, 4) is 0 Å². The third-order valence-electron chi connectivity index (χ3n) is 3.37. The molecule has 7 heteroatoms. The summed E-state index contributed by atoms with van der Waals surface area (Å²) in [7, 11) is 0. The maximum absolute atomic E-state index is 13.4. The van der Waals surface area contributed by atoms with Crippen molar-refractivity contribution in [3.05, 3.63) is 64.4 Å². The van der Waals surface area contributed by atoms with Gasteiger partial charge in [0.25, 0.3) is 0 Å². The highest BCUT2D eigenvalue weighted by Crippen LogP contribution is 2.20. The standard InChI is InChI=1S/C17H19ClFN3O.HI/c1-2-11-4-3-5-13(8-11)22-17(20)21-10-16(23)12-6-7-14(18)15(19)9-12;/h3-9,16,23H,2,10H2,1H3,(H3,20,21,22);1H. The number of aliphatic imine (C=N–C) groups is 1. The number of anilines is 1. The smallest absolute Gasteiger partial charge is 0.193 e. The van der Waals surface area contributed by atoms with Crippen molar-refractivity contribution < 1.29 is 9.50 Å². The van der Waals surface area contributed by atoms with Gasteiger partial charge in [-0.1, -0.05) is 36.7 Å². The highest BCUT2D eigenvalue weighted by atomic mass is 127. The molecule has 0 aliphatic rings. The van der Waals surface area contributed by atoms with Gasteiger partial charge in [-0.25, -0.2) is 4.39 Å².